The lowest BCUT2D eigenvalue weighted by atomic mass is 10.1. The number of rotatable bonds is 2. The van der Waals surface area contributed by atoms with E-state index < -0.39 is 0 Å². The lowest BCUT2D eigenvalue weighted by Gasteiger charge is -2.08. The summed E-state index contributed by atoms with van der Waals surface area (Å²) in [6.45, 7) is 4.08. The summed E-state index contributed by atoms with van der Waals surface area (Å²) in [6.07, 6.45) is 0.912. The second-order valence-corrected chi connectivity index (χ2v) is 4.89. The van der Waals surface area contributed by atoms with Crippen molar-refractivity contribution in [1.82, 2.24) is 9.97 Å². The predicted octanol–water partition coefficient (Wildman–Crippen LogP) is 4.43. The molecule has 0 aliphatic rings. The van der Waals surface area contributed by atoms with E-state index in [4.69, 9.17) is 11.6 Å². The molecular weight excluding hydrogens is 300 g/mol. The van der Waals surface area contributed by atoms with E-state index in [1.807, 2.05) is 31.2 Å². The van der Waals surface area contributed by atoms with Gasteiger partial charge in [-0.2, -0.15) is 0 Å². The first-order chi connectivity index (χ1) is 8.13. The van der Waals surface area contributed by atoms with Crippen molar-refractivity contribution in [2.75, 3.05) is 0 Å². The van der Waals surface area contributed by atoms with E-state index in [-0.39, 0.29) is 0 Å². The van der Waals surface area contributed by atoms with Gasteiger partial charge in [0, 0.05) is 16.8 Å². The monoisotopic (exact) mass is 310 g/mol. The highest BCUT2D eigenvalue weighted by Gasteiger charge is 2.11. The van der Waals surface area contributed by atoms with E-state index in [1.165, 1.54) is 0 Å². The normalized spacial score (nSPS) is 10.6. The Hall–Kier alpha value is -0.930. The van der Waals surface area contributed by atoms with Gasteiger partial charge in [0.15, 0.2) is 5.82 Å². The molecule has 0 atom stereocenters. The minimum absolute atomic E-state index is 0.664. The van der Waals surface area contributed by atoms with Crippen molar-refractivity contribution in [1.29, 1.82) is 0 Å². The molecule has 0 aliphatic carbocycles. The summed E-state index contributed by atoms with van der Waals surface area (Å²) >= 11 is 9.63. The summed E-state index contributed by atoms with van der Waals surface area (Å²) in [7, 11) is 0. The Morgan fingerprint density at radius 3 is 2.53 bits per heavy atom. The number of aromatic nitrogens is 2. The molecule has 0 radical (unpaired) electrons. The average Bonchev–Trinajstić information content (AvgIpc) is 2.29. The van der Waals surface area contributed by atoms with Crippen LogP contribution in [0.3, 0.4) is 0 Å². The fourth-order valence-electron chi connectivity index (χ4n) is 1.73. The van der Waals surface area contributed by atoms with Gasteiger partial charge in [-0.25, -0.2) is 9.97 Å². The molecule has 4 heteroatoms. The molecule has 0 fully saturated rings. The van der Waals surface area contributed by atoms with Gasteiger partial charge >= 0.3 is 0 Å². The van der Waals surface area contributed by atoms with E-state index in [1.54, 1.807) is 0 Å². The van der Waals surface area contributed by atoms with Crippen LogP contribution < -0.4 is 0 Å². The molecular formula is C13H12BrClN2. The maximum absolute atomic E-state index is 6.14. The highest BCUT2D eigenvalue weighted by molar-refractivity contribution is 9.10. The lowest BCUT2D eigenvalue weighted by Crippen LogP contribution is -1.99. The van der Waals surface area contributed by atoms with Crippen molar-refractivity contribution >= 4 is 27.5 Å². The predicted molar refractivity (Wildman–Crippen MR) is 74.3 cm³/mol. The van der Waals surface area contributed by atoms with Crippen LogP contribution in [0.15, 0.2) is 28.9 Å². The van der Waals surface area contributed by atoms with Crippen molar-refractivity contribution in [2.45, 2.75) is 20.3 Å². The Bertz CT molecular complexity index is 532. The average molecular weight is 312 g/mol. The molecule has 0 bridgehead atoms. The fraction of sp³-hybridized carbons (Fsp3) is 0.231. The van der Waals surface area contributed by atoms with Gasteiger partial charge in [-0.15, -0.1) is 0 Å². The summed E-state index contributed by atoms with van der Waals surface area (Å²) < 4.78 is 0.849. The third kappa shape index (κ3) is 2.50. The molecule has 1 aromatic carbocycles. The zero-order valence-corrected chi connectivity index (χ0v) is 12.0. The van der Waals surface area contributed by atoms with Crippen LogP contribution >= 0.6 is 27.5 Å². The van der Waals surface area contributed by atoms with Crippen molar-refractivity contribution in [3.05, 3.63) is 45.1 Å². The smallest absolute Gasteiger partial charge is 0.162 e. The van der Waals surface area contributed by atoms with Gasteiger partial charge in [0.25, 0.3) is 0 Å². The minimum atomic E-state index is 0.664. The van der Waals surface area contributed by atoms with E-state index in [9.17, 15) is 0 Å². The third-order valence-electron chi connectivity index (χ3n) is 2.63. The van der Waals surface area contributed by atoms with Gasteiger partial charge in [0.05, 0.1) is 5.02 Å². The highest BCUT2D eigenvalue weighted by atomic mass is 79.9. The zero-order chi connectivity index (χ0) is 12.4. The number of hydrogen-bond donors (Lipinski definition) is 0. The van der Waals surface area contributed by atoms with E-state index in [0.29, 0.717) is 10.8 Å². The summed E-state index contributed by atoms with van der Waals surface area (Å²) in [5, 5.41) is 0.669. The molecule has 0 saturated carbocycles. The highest BCUT2D eigenvalue weighted by Crippen LogP contribution is 2.27. The minimum Gasteiger partial charge on any atom is -0.233 e. The molecule has 88 valence electrons. The molecule has 1 aromatic heterocycles. The van der Waals surface area contributed by atoms with Crippen molar-refractivity contribution in [2.24, 2.45) is 0 Å². The van der Waals surface area contributed by atoms with Crippen LogP contribution in [0.25, 0.3) is 11.4 Å². The molecule has 2 nitrogen and oxygen atoms in total. The molecule has 0 aliphatic heterocycles. The van der Waals surface area contributed by atoms with Gasteiger partial charge in [0.1, 0.15) is 4.60 Å². The first-order valence-electron chi connectivity index (χ1n) is 5.41. The second kappa shape index (κ2) is 5.15. The first kappa shape index (κ1) is 12.5. The second-order valence-electron chi connectivity index (χ2n) is 3.74. The van der Waals surface area contributed by atoms with Crippen LogP contribution in [0.4, 0.5) is 0 Å². The molecule has 0 amide bonds. The van der Waals surface area contributed by atoms with Crippen LogP contribution in [0.1, 0.15) is 18.2 Å². The molecule has 2 rings (SSSR count). The summed E-state index contributed by atoms with van der Waals surface area (Å²) in [4.78, 5) is 8.97. The van der Waals surface area contributed by atoms with Crippen molar-refractivity contribution < 1.29 is 0 Å². The Balaban J connectivity index is 2.59. The number of halogens is 2. The van der Waals surface area contributed by atoms with Gasteiger partial charge in [-0.1, -0.05) is 30.7 Å². The summed E-state index contributed by atoms with van der Waals surface area (Å²) in [6, 6.07) is 7.60. The van der Waals surface area contributed by atoms with Gasteiger partial charge in [0.2, 0.25) is 0 Å². The molecule has 2 aromatic rings. The molecule has 0 saturated heterocycles. The Labute approximate surface area is 114 Å². The van der Waals surface area contributed by atoms with E-state index in [0.717, 1.165) is 27.8 Å². The SMILES string of the molecule is CCc1c(C)nc(-c2ccccc2Cl)nc1Br. The van der Waals surface area contributed by atoms with Gasteiger partial charge in [-0.3, -0.25) is 0 Å². The zero-order valence-electron chi connectivity index (χ0n) is 9.67. The number of nitrogens with zero attached hydrogens (tertiary/aromatic N) is 2. The number of benzene rings is 1. The van der Waals surface area contributed by atoms with Crippen LogP contribution in [0, 0.1) is 6.92 Å². The summed E-state index contributed by atoms with van der Waals surface area (Å²) in [5.41, 5.74) is 2.99. The fourth-order valence-corrected chi connectivity index (χ4v) is 2.68. The van der Waals surface area contributed by atoms with Crippen LogP contribution in [-0.4, -0.2) is 9.97 Å². The van der Waals surface area contributed by atoms with E-state index in [2.05, 4.69) is 32.8 Å². The van der Waals surface area contributed by atoms with Gasteiger partial charge in [-0.05, 0) is 41.4 Å². The molecule has 17 heavy (non-hydrogen) atoms. The number of aryl methyl sites for hydroxylation is 1. The largest absolute Gasteiger partial charge is 0.233 e. The molecule has 0 unspecified atom stereocenters. The Morgan fingerprint density at radius 1 is 1.24 bits per heavy atom. The van der Waals surface area contributed by atoms with Gasteiger partial charge < -0.3 is 0 Å². The summed E-state index contributed by atoms with van der Waals surface area (Å²) in [5.74, 6) is 0.664. The van der Waals surface area contributed by atoms with Crippen LogP contribution in [0.5, 0.6) is 0 Å². The quantitative estimate of drug-likeness (QED) is 0.767. The Kier molecular flexibility index (Phi) is 3.79. The topological polar surface area (TPSA) is 25.8 Å². The van der Waals surface area contributed by atoms with E-state index >= 15 is 0 Å². The molecule has 0 spiro atoms. The maximum atomic E-state index is 6.14. The number of hydrogen-bond acceptors (Lipinski definition) is 2. The first-order valence-corrected chi connectivity index (χ1v) is 6.58. The molecule has 0 N–H and O–H groups in total. The van der Waals surface area contributed by atoms with Crippen molar-refractivity contribution in [3.8, 4) is 11.4 Å². The maximum Gasteiger partial charge on any atom is 0.162 e. The third-order valence-corrected chi connectivity index (χ3v) is 3.62. The van der Waals surface area contributed by atoms with Crippen LogP contribution in [0.2, 0.25) is 5.02 Å². The van der Waals surface area contributed by atoms with Crippen LogP contribution in [-0.2, 0) is 6.42 Å². The molecule has 1 heterocycles. The van der Waals surface area contributed by atoms with Crippen molar-refractivity contribution in [3.63, 3.8) is 0 Å². The lowest BCUT2D eigenvalue weighted by molar-refractivity contribution is 0.981. The standard InChI is InChI=1S/C13H12BrClN2/c1-3-9-8(2)16-13(17-12(9)14)10-6-4-5-7-11(10)15/h4-7H,3H2,1-2H3. The Morgan fingerprint density at radius 2 is 1.94 bits per heavy atom.